The highest BCUT2D eigenvalue weighted by Crippen LogP contribution is 2.35. The second kappa shape index (κ2) is 3.28. The second-order valence-corrected chi connectivity index (χ2v) is 3.69. The van der Waals surface area contributed by atoms with Crippen LogP contribution >= 0.6 is 12.4 Å². The van der Waals surface area contributed by atoms with E-state index in [1.54, 1.807) is 6.07 Å². The van der Waals surface area contributed by atoms with Crippen LogP contribution in [0.1, 0.15) is 24.5 Å². The molecule has 3 heteroatoms. The molecule has 1 aliphatic rings. The molecule has 0 amide bonds. The fraction of sp³-hybridized carbons (Fsp3) is 0.400. The van der Waals surface area contributed by atoms with Gasteiger partial charge in [0.15, 0.2) is 0 Å². The first-order chi connectivity index (χ1) is 5.61. The Bertz CT molecular complexity index is 323. The Morgan fingerprint density at radius 2 is 2.15 bits per heavy atom. The molecule has 1 aromatic rings. The molecule has 2 rings (SSSR count). The van der Waals surface area contributed by atoms with E-state index in [-0.39, 0.29) is 18.2 Å². The van der Waals surface area contributed by atoms with Crippen molar-refractivity contribution in [2.75, 3.05) is 0 Å². The molecule has 1 atom stereocenters. The Morgan fingerprint density at radius 1 is 1.46 bits per heavy atom. The maximum Gasteiger partial charge on any atom is 0.128 e. The van der Waals surface area contributed by atoms with Gasteiger partial charge in [0, 0.05) is 11.1 Å². The second-order valence-electron chi connectivity index (χ2n) is 3.69. The lowest BCUT2D eigenvalue weighted by Gasteiger charge is -2.19. The minimum atomic E-state index is -0.458. The number of aryl methyl sites for hydroxylation is 1. The summed E-state index contributed by atoms with van der Waals surface area (Å²) in [6.07, 6.45) is 1.75. The van der Waals surface area contributed by atoms with Crippen molar-refractivity contribution in [2.24, 2.45) is 5.73 Å². The fourth-order valence-electron chi connectivity index (χ4n) is 1.94. The average molecular weight is 202 g/mol. The first-order valence-corrected chi connectivity index (χ1v) is 4.18. The third kappa shape index (κ3) is 1.56. The first-order valence-electron chi connectivity index (χ1n) is 4.18. The van der Waals surface area contributed by atoms with Gasteiger partial charge in [-0.3, -0.25) is 0 Å². The number of hydrogen-bond acceptors (Lipinski definition) is 1. The molecule has 0 fully saturated rings. The van der Waals surface area contributed by atoms with Crippen molar-refractivity contribution in [3.8, 4) is 0 Å². The van der Waals surface area contributed by atoms with Crippen LogP contribution in [-0.2, 0) is 12.0 Å². The number of nitrogens with two attached hydrogens (primary N) is 1. The monoisotopic (exact) mass is 201 g/mol. The molecule has 2 N–H and O–H groups in total. The lowest BCUT2D eigenvalue weighted by atomic mass is 9.95. The molecule has 0 saturated heterocycles. The predicted molar refractivity (Wildman–Crippen MR) is 53.5 cm³/mol. The molecule has 0 spiro atoms. The van der Waals surface area contributed by atoms with Crippen LogP contribution in [0.25, 0.3) is 0 Å². The van der Waals surface area contributed by atoms with Gasteiger partial charge in [0.25, 0.3) is 0 Å². The van der Waals surface area contributed by atoms with E-state index in [1.165, 1.54) is 6.07 Å². The van der Waals surface area contributed by atoms with Gasteiger partial charge in [0.05, 0.1) is 0 Å². The summed E-state index contributed by atoms with van der Waals surface area (Å²) in [5.41, 5.74) is 7.27. The van der Waals surface area contributed by atoms with Gasteiger partial charge in [0.1, 0.15) is 5.82 Å². The normalized spacial score (nSPS) is 25.2. The van der Waals surface area contributed by atoms with E-state index in [0.717, 1.165) is 18.4 Å². The molecule has 0 aromatic heterocycles. The molecule has 1 nitrogen and oxygen atoms in total. The molecule has 0 aliphatic heterocycles. The number of hydrogen-bond donors (Lipinski definition) is 1. The smallest absolute Gasteiger partial charge is 0.128 e. The molecule has 1 aliphatic carbocycles. The van der Waals surface area contributed by atoms with E-state index in [0.29, 0.717) is 5.56 Å². The third-order valence-corrected chi connectivity index (χ3v) is 2.58. The largest absolute Gasteiger partial charge is 0.322 e. The minimum absolute atomic E-state index is 0. The number of fused-ring (bicyclic) bond motifs is 1. The summed E-state index contributed by atoms with van der Waals surface area (Å²) >= 11 is 0. The first kappa shape index (κ1) is 10.5. The molecular weight excluding hydrogens is 189 g/mol. The topological polar surface area (TPSA) is 26.0 Å². The fourth-order valence-corrected chi connectivity index (χ4v) is 1.94. The van der Waals surface area contributed by atoms with Crippen molar-refractivity contribution in [1.29, 1.82) is 0 Å². The van der Waals surface area contributed by atoms with Gasteiger partial charge in [0.2, 0.25) is 0 Å². The van der Waals surface area contributed by atoms with Crippen LogP contribution in [0.15, 0.2) is 18.2 Å². The summed E-state index contributed by atoms with van der Waals surface area (Å²) in [6, 6.07) is 5.18. The Hall–Kier alpha value is -0.600. The maximum absolute atomic E-state index is 13.3. The molecular formula is C10H13ClFN. The Kier molecular flexibility index (Phi) is 2.64. The van der Waals surface area contributed by atoms with E-state index < -0.39 is 5.54 Å². The van der Waals surface area contributed by atoms with Crippen LogP contribution in [-0.4, -0.2) is 0 Å². The van der Waals surface area contributed by atoms with Crippen LogP contribution in [0.2, 0.25) is 0 Å². The van der Waals surface area contributed by atoms with Crippen molar-refractivity contribution in [2.45, 2.75) is 25.3 Å². The number of benzene rings is 1. The van der Waals surface area contributed by atoms with Crippen LogP contribution in [0.3, 0.4) is 0 Å². The molecule has 1 aromatic carbocycles. The van der Waals surface area contributed by atoms with Crippen LogP contribution in [0.4, 0.5) is 4.39 Å². The number of halogens is 2. The van der Waals surface area contributed by atoms with E-state index in [9.17, 15) is 4.39 Å². The molecule has 0 radical (unpaired) electrons. The SMILES string of the molecule is CC1(N)CCc2cccc(F)c21.Cl. The predicted octanol–water partition coefficient (Wildman–Crippen LogP) is 2.37. The van der Waals surface area contributed by atoms with Crippen molar-refractivity contribution >= 4 is 12.4 Å². The van der Waals surface area contributed by atoms with Crippen molar-refractivity contribution < 1.29 is 4.39 Å². The molecule has 0 bridgehead atoms. The molecule has 72 valence electrons. The average Bonchev–Trinajstić information content (AvgIpc) is 2.29. The summed E-state index contributed by atoms with van der Waals surface area (Å²) < 4.78 is 13.3. The van der Waals surface area contributed by atoms with Gasteiger partial charge < -0.3 is 5.73 Å². The van der Waals surface area contributed by atoms with E-state index in [2.05, 4.69) is 0 Å². The summed E-state index contributed by atoms with van der Waals surface area (Å²) in [5, 5.41) is 0. The number of rotatable bonds is 0. The third-order valence-electron chi connectivity index (χ3n) is 2.58. The minimum Gasteiger partial charge on any atom is -0.322 e. The molecule has 0 heterocycles. The van der Waals surface area contributed by atoms with Crippen molar-refractivity contribution in [1.82, 2.24) is 0 Å². The summed E-state index contributed by atoms with van der Waals surface area (Å²) in [4.78, 5) is 0. The molecule has 13 heavy (non-hydrogen) atoms. The summed E-state index contributed by atoms with van der Waals surface area (Å²) in [7, 11) is 0. The maximum atomic E-state index is 13.3. The van der Waals surface area contributed by atoms with E-state index in [1.807, 2.05) is 13.0 Å². The Balaban J connectivity index is 0.000000845. The van der Waals surface area contributed by atoms with Crippen LogP contribution in [0.5, 0.6) is 0 Å². The zero-order valence-corrected chi connectivity index (χ0v) is 8.33. The van der Waals surface area contributed by atoms with Gasteiger partial charge >= 0.3 is 0 Å². The van der Waals surface area contributed by atoms with Crippen molar-refractivity contribution in [3.05, 3.63) is 35.1 Å². The zero-order chi connectivity index (χ0) is 8.77. The lowest BCUT2D eigenvalue weighted by Crippen LogP contribution is -2.30. The summed E-state index contributed by atoms with van der Waals surface area (Å²) in [5.74, 6) is -0.157. The van der Waals surface area contributed by atoms with Gasteiger partial charge in [-0.05, 0) is 31.4 Å². The molecule has 0 saturated carbocycles. The quantitative estimate of drug-likeness (QED) is 0.685. The van der Waals surface area contributed by atoms with E-state index >= 15 is 0 Å². The highest BCUT2D eigenvalue weighted by Gasteiger charge is 2.32. The highest BCUT2D eigenvalue weighted by molar-refractivity contribution is 5.85. The Labute approximate surface area is 83.5 Å². The lowest BCUT2D eigenvalue weighted by molar-refractivity contribution is 0.464. The zero-order valence-electron chi connectivity index (χ0n) is 7.51. The van der Waals surface area contributed by atoms with Crippen molar-refractivity contribution in [3.63, 3.8) is 0 Å². The van der Waals surface area contributed by atoms with Crippen LogP contribution in [0, 0.1) is 5.82 Å². The Morgan fingerprint density at radius 3 is 2.77 bits per heavy atom. The van der Waals surface area contributed by atoms with Gasteiger partial charge in [-0.15, -0.1) is 12.4 Å². The van der Waals surface area contributed by atoms with Gasteiger partial charge in [-0.2, -0.15) is 0 Å². The summed E-state index contributed by atoms with van der Waals surface area (Å²) in [6.45, 7) is 1.89. The van der Waals surface area contributed by atoms with Crippen LogP contribution < -0.4 is 5.73 Å². The standard InChI is InChI=1S/C10H12FN.ClH/c1-10(12)6-5-7-3-2-4-8(11)9(7)10;/h2-4H,5-6,12H2,1H3;1H. The molecule has 1 unspecified atom stereocenters. The van der Waals surface area contributed by atoms with Gasteiger partial charge in [-0.1, -0.05) is 12.1 Å². The van der Waals surface area contributed by atoms with E-state index in [4.69, 9.17) is 5.73 Å². The van der Waals surface area contributed by atoms with Gasteiger partial charge in [-0.25, -0.2) is 4.39 Å². The highest BCUT2D eigenvalue weighted by atomic mass is 35.5.